The molecule has 38 heavy (non-hydrogen) atoms. The fraction of sp³-hybridized carbons (Fsp3) is 0.438. The Morgan fingerprint density at radius 1 is 1.21 bits per heavy atom. The van der Waals surface area contributed by atoms with E-state index >= 15 is 0 Å². The number of fused-ring (bicyclic) bond motifs is 1. The second-order valence-corrected chi connectivity index (χ2v) is 11.1. The number of halogens is 2. The van der Waals surface area contributed by atoms with Gasteiger partial charge >= 0.3 is 0 Å². The average molecular weight is 537 g/mol. The maximum Gasteiger partial charge on any atom is 0.244 e. The number of nitrogens with one attached hydrogen (secondary N) is 1. The van der Waals surface area contributed by atoms with Crippen molar-refractivity contribution in [1.82, 2.24) is 10.5 Å². The zero-order chi connectivity index (χ0) is 26.9. The number of hydrogen-bond donors (Lipinski definition) is 1. The lowest BCUT2D eigenvalue weighted by Gasteiger charge is -2.32. The van der Waals surface area contributed by atoms with Crippen LogP contribution in [0.5, 0.6) is 0 Å². The van der Waals surface area contributed by atoms with Crippen LogP contribution in [0.2, 0.25) is 5.02 Å². The summed E-state index contributed by atoms with van der Waals surface area (Å²) < 4.78 is 19.0. The van der Waals surface area contributed by atoms with Crippen molar-refractivity contribution in [2.45, 2.75) is 70.6 Å². The summed E-state index contributed by atoms with van der Waals surface area (Å²) in [6.45, 7) is 7.30. The molecule has 0 bridgehead atoms. The molecule has 3 unspecified atom stereocenters. The lowest BCUT2D eigenvalue weighted by atomic mass is 9.75. The van der Waals surface area contributed by atoms with Gasteiger partial charge in [-0.05, 0) is 86.3 Å². The molecule has 1 aromatic heterocycles. The van der Waals surface area contributed by atoms with Crippen LogP contribution in [-0.4, -0.2) is 17.6 Å². The van der Waals surface area contributed by atoms with Gasteiger partial charge in [0.05, 0.1) is 5.69 Å². The van der Waals surface area contributed by atoms with Gasteiger partial charge in [0.25, 0.3) is 0 Å². The number of hydrogen-bond acceptors (Lipinski definition) is 3. The topological polar surface area (TPSA) is 55.1 Å². The summed E-state index contributed by atoms with van der Waals surface area (Å²) in [5.41, 5.74) is 3.61. The van der Waals surface area contributed by atoms with Crippen molar-refractivity contribution in [3.8, 4) is 0 Å². The van der Waals surface area contributed by atoms with Crippen molar-refractivity contribution in [3.05, 3.63) is 82.8 Å². The van der Waals surface area contributed by atoms with E-state index in [1.165, 1.54) is 37.0 Å². The Hall–Kier alpha value is -2.92. The predicted octanol–water partition coefficient (Wildman–Crippen LogP) is 8.87. The van der Waals surface area contributed by atoms with Gasteiger partial charge in [0.1, 0.15) is 5.82 Å². The lowest BCUT2D eigenvalue weighted by Crippen LogP contribution is -2.33. The Morgan fingerprint density at radius 3 is 2.82 bits per heavy atom. The largest absolute Gasteiger partial charge is 0.356 e. The van der Waals surface area contributed by atoms with E-state index in [9.17, 15) is 9.18 Å². The molecule has 1 heterocycles. The van der Waals surface area contributed by atoms with Crippen molar-refractivity contribution in [2.24, 2.45) is 11.8 Å². The molecule has 0 spiro atoms. The highest BCUT2D eigenvalue weighted by atomic mass is 35.5. The molecule has 3 atom stereocenters. The predicted molar refractivity (Wildman–Crippen MR) is 154 cm³/mol. The molecule has 0 saturated heterocycles. The summed E-state index contributed by atoms with van der Waals surface area (Å²) in [7, 11) is 0. The first-order chi connectivity index (χ1) is 18.4. The zero-order valence-corrected chi connectivity index (χ0v) is 23.0. The SMILES string of the molecule is C=C(CCC(CCC)c1noc2cc(F)ccc12)CC1CCCCC1CNC(=O)C=Cc1cccc(Cl)c1. The van der Waals surface area contributed by atoms with E-state index in [2.05, 4.69) is 24.0 Å². The summed E-state index contributed by atoms with van der Waals surface area (Å²) in [4.78, 5) is 12.5. The molecule has 4 rings (SSSR count). The van der Waals surface area contributed by atoms with Gasteiger partial charge in [0.15, 0.2) is 5.58 Å². The minimum absolute atomic E-state index is 0.0738. The number of amides is 1. The van der Waals surface area contributed by atoms with Crippen LogP contribution < -0.4 is 5.32 Å². The van der Waals surface area contributed by atoms with Crippen LogP contribution in [0.1, 0.15) is 81.9 Å². The van der Waals surface area contributed by atoms with Gasteiger partial charge in [0, 0.05) is 35.0 Å². The minimum atomic E-state index is -0.309. The average Bonchev–Trinajstić information content (AvgIpc) is 3.32. The summed E-state index contributed by atoms with van der Waals surface area (Å²) in [5.74, 6) is 0.876. The fourth-order valence-corrected chi connectivity index (χ4v) is 5.94. The van der Waals surface area contributed by atoms with E-state index in [-0.39, 0.29) is 17.6 Å². The highest BCUT2D eigenvalue weighted by molar-refractivity contribution is 6.30. The molecule has 1 fully saturated rings. The normalized spacial score (nSPS) is 18.6. The van der Waals surface area contributed by atoms with E-state index in [4.69, 9.17) is 16.1 Å². The monoisotopic (exact) mass is 536 g/mol. The maximum absolute atomic E-state index is 13.6. The maximum atomic E-state index is 13.6. The van der Waals surface area contributed by atoms with Crippen LogP contribution in [0.25, 0.3) is 17.0 Å². The van der Waals surface area contributed by atoms with Crippen LogP contribution in [0.4, 0.5) is 4.39 Å². The van der Waals surface area contributed by atoms with Gasteiger partial charge in [-0.1, -0.05) is 67.2 Å². The number of nitrogens with zero attached hydrogens (tertiary/aromatic N) is 1. The second-order valence-electron chi connectivity index (χ2n) is 10.6. The second kappa shape index (κ2) is 13.7. The Bertz CT molecular complexity index is 1270. The van der Waals surface area contributed by atoms with E-state index in [0.29, 0.717) is 29.0 Å². The van der Waals surface area contributed by atoms with Gasteiger partial charge < -0.3 is 9.84 Å². The van der Waals surface area contributed by atoms with Crippen LogP contribution in [-0.2, 0) is 4.79 Å². The highest BCUT2D eigenvalue weighted by Crippen LogP contribution is 2.37. The van der Waals surface area contributed by atoms with Gasteiger partial charge in [-0.15, -0.1) is 0 Å². The summed E-state index contributed by atoms with van der Waals surface area (Å²) in [5, 5.41) is 8.99. The van der Waals surface area contributed by atoms with E-state index in [1.54, 1.807) is 18.2 Å². The number of aromatic nitrogens is 1. The van der Waals surface area contributed by atoms with E-state index in [1.807, 2.05) is 24.3 Å². The molecular weight excluding hydrogens is 499 g/mol. The molecule has 1 aliphatic carbocycles. The quantitative estimate of drug-likeness (QED) is 0.186. The first-order valence-electron chi connectivity index (χ1n) is 13.9. The molecule has 1 saturated carbocycles. The Morgan fingerprint density at radius 2 is 2.03 bits per heavy atom. The summed E-state index contributed by atoms with van der Waals surface area (Å²) in [6, 6.07) is 12.1. The first-order valence-corrected chi connectivity index (χ1v) is 14.2. The molecule has 1 aliphatic rings. The standard InChI is InChI=1S/C32H38ClFN2O2/c1-3-7-24(32-29-16-15-28(34)20-30(29)38-36-32)14-12-22(2)18-25-9-4-5-10-26(25)21-35-31(37)17-13-23-8-6-11-27(33)19-23/h6,8,11,13,15-17,19-20,24-26H,2-5,7,9-10,12,14,18,21H2,1H3,(H,35,37). The van der Waals surface area contributed by atoms with Gasteiger partial charge in [-0.3, -0.25) is 4.79 Å². The lowest BCUT2D eigenvalue weighted by molar-refractivity contribution is -0.116. The number of benzene rings is 2. The molecule has 1 N–H and O–H groups in total. The van der Waals surface area contributed by atoms with Crippen molar-refractivity contribution < 1.29 is 13.7 Å². The summed E-state index contributed by atoms with van der Waals surface area (Å²) in [6.07, 6.45) is 13.1. The third-order valence-corrected chi connectivity index (χ3v) is 8.00. The minimum Gasteiger partial charge on any atom is -0.356 e. The molecule has 0 aliphatic heterocycles. The van der Waals surface area contributed by atoms with Crippen LogP contribution in [0.3, 0.4) is 0 Å². The molecular formula is C32H38ClFN2O2. The number of rotatable bonds is 12. The molecule has 2 aromatic carbocycles. The van der Waals surface area contributed by atoms with E-state index in [0.717, 1.165) is 55.2 Å². The van der Waals surface area contributed by atoms with Crippen LogP contribution in [0.15, 0.2) is 65.2 Å². The van der Waals surface area contributed by atoms with Crippen molar-refractivity contribution >= 4 is 34.6 Å². The van der Waals surface area contributed by atoms with Gasteiger partial charge in [0.2, 0.25) is 5.91 Å². The Kier molecular flexibility index (Phi) is 10.2. The number of carbonyl (C=O) groups excluding carboxylic acids is 1. The van der Waals surface area contributed by atoms with Gasteiger partial charge in [-0.25, -0.2) is 4.39 Å². The van der Waals surface area contributed by atoms with Crippen LogP contribution >= 0.6 is 11.6 Å². The highest BCUT2D eigenvalue weighted by Gasteiger charge is 2.26. The van der Waals surface area contributed by atoms with Crippen LogP contribution in [0, 0.1) is 17.7 Å². The smallest absolute Gasteiger partial charge is 0.244 e. The number of allylic oxidation sites excluding steroid dienone is 1. The Balaban J connectivity index is 1.29. The molecule has 1 amide bonds. The summed E-state index contributed by atoms with van der Waals surface area (Å²) >= 11 is 6.03. The third kappa shape index (κ3) is 7.80. The molecule has 0 radical (unpaired) electrons. The molecule has 202 valence electrons. The molecule has 6 heteroatoms. The van der Waals surface area contributed by atoms with Crippen molar-refractivity contribution in [1.29, 1.82) is 0 Å². The van der Waals surface area contributed by atoms with Crippen molar-refractivity contribution in [3.63, 3.8) is 0 Å². The number of carbonyl (C=O) groups is 1. The fourth-order valence-electron chi connectivity index (χ4n) is 5.74. The molecule has 3 aromatic rings. The Labute approximate surface area is 230 Å². The van der Waals surface area contributed by atoms with Gasteiger partial charge in [-0.2, -0.15) is 0 Å². The van der Waals surface area contributed by atoms with Crippen molar-refractivity contribution in [2.75, 3.05) is 6.54 Å². The van der Waals surface area contributed by atoms with E-state index < -0.39 is 0 Å². The third-order valence-electron chi connectivity index (χ3n) is 7.76. The zero-order valence-electron chi connectivity index (χ0n) is 22.2. The molecule has 4 nitrogen and oxygen atoms in total. The first kappa shape index (κ1) is 28.1.